The lowest BCUT2D eigenvalue weighted by molar-refractivity contribution is -0.118. The SMILES string of the molecule is CCN(C(=O)CCc1nnc(C)o1)c1ccccc1. The fourth-order valence-corrected chi connectivity index (χ4v) is 1.90. The summed E-state index contributed by atoms with van der Waals surface area (Å²) < 4.78 is 5.26. The minimum Gasteiger partial charge on any atom is -0.426 e. The molecule has 5 nitrogen and oxygen atoms in total. The summed E-state index contributed by atoms with van der Waals surface area (Å²) in [4.78, 5) is 13.9. The quantitative estimate of drug-likeness (QED) is 0.827. The number of hydrogen-bond acceptors (Lipinski definition) is 4. The number of para-hydroxylation sites is 1. The fourth-order valence-electron chi connectivity index (χ4n) is 1.90. The van der Waals surface area contributed by atoms with E-state index in [-0.39, 0.29) is 5.91 Å². The van der Waals surface area contributed by atoms with Crippen LogP contribution in [0.1, 0.15) is 25.1 Å². The number of carbonyl (C=O) groups excluding carboxylic acids is 1. The van der Waals surface area contributed by atoms with Crippen molar-refractivity contribution in [1.82, 2.24) is 10.2 Å². The first-order chi connectivity index (χ1) is 9.20. The molecular weight excluding hydrogens is 242 g/mol. The molecule has 0 atom stereocenters. The van der Waals surface area contributed by atoms with E-state index in [2.05, 4.69) is 10.2 Å². The van der Waals surface area contributed by atoms with E-state index < -0.39 is 0 Å². The molecule has 0 radical (unpaired) electrons. The minimum atomic E-state index is 0.0598. The second-order valence-corrected chi connectivity index (χ2v) is 4.19. The summed E-state index contributed by atoms with van der Waals surface area (Å²) in [6.07, 6.45) is 0.841. The van der Waals surface area contributed by atoms with Gasteiger partial charge in [-0.2, -0.15) is 0 Å². The summed E-state index contributed by atoms with van der Waals surface area (Å²) in [5.41, 5.74) is 0.914. The number of amides is 1. The van der Waals surface area contributed by atoms with Gasteiger partial charge in [0.05, 0.1) is 0 Å². The number of anilines is 1. The van der Waals surface area contributed by atoms with Crippen LogP contribution in [0.2, 0.25) is 0 Å². The van der Waals surface area contributed by atoms with Crippen molar-refractivity contribution in [2.75, 3.05) is 11.4 Å². The molecule has 0 saturated heterocycles. The van der Waals surface area contributed by atoms with Crippen LogP contribution in [0, 0.1) is 6.92 Å². The standard InChI is InChI=1S/C14H17N3O2/c1-3-17(12-7-5-4-6-8-12)14(18)10-9-13-16-15-11(2)19-13/h4-8H,3,9-10H2,1-2H3. The molecule has 19 heavy (non-hydrogen) atoms. The molecule has 1 heterocycles. The molecule has 0 aliphatic carbocycles. The second kappa shape index (κ2) is 6.13. The Morgan fingerprint density at radius 3 is 2.58 bits per heavy atom. The maximum atomic E-state index is 12.2. The maximum absolute atomic E-state index is 12.2. The zero-order valence-corrected chi connectivity index (χ0v) is 11.2. The molecule has 0 N–H and O–H groups in total. The number of rotatable bonds is 5. The molecule has 5 heteroatoms. The molecule has 0 aliphatic heterocycles. The van der Waals surface area contributed by atoms with Gasteiger partial charge in [0.15, 0.2) is 0 Å². The van der Waals surface area contributed by atoms with Crippen LogP contribution in [0.3, 0.4) is 0 Å². The van der Waals surface area contributed by atoms with Gasteiger partial charge in [-0.3, -0.25) is 4.79 Å². The van der Waals surface area contributed by atoms with Crippen LogP contribution < -0.4 is 4.90 Å². The fraction of sp³-hybridized carbons (Fsp3) is 0.357. The lowest BCUT2D eigenvalue weighted by Crippen LogP contribution is -2.30. The minimum absolute atomic E-state index is 0.0598. The van der Waals surface area contributed by atoms with Gasteiger partial charge in [0.1, 0.15) is 0 Å². The van der Waals surface area contributed by atoms with Crippen LogP contribution in [0.5, 0.6) is 0 Å². The van der Waals surface area contributed by atoms with E-state index in [4.69, 9.17) is 4.42 Å². The Hall–Kier alpha value is -2.17. The van der Waals surface area contributed by atoms with Crippen LogP contribution in [-0.2, 0) is 11.2 Å². The highest BCUT2D eigenvalue weighted by Crippen LogP contribution is 2.15. The van der Waals surface area contributed by atoms with Gasteiger partial charge >= 0.3 is 0 Å². The van der Waals surface area contributed by atoms with Crippen molar-refractivity contribution >= 4 is 11.6 Å². The van der Waals surface area contributed by atoms with E-state index in [1.807, 2.05) is 37.3 Å². The monoisotopic (exact) mass is 259 g/mol. The normalized spacial score (nSPS) is 10.4. The van der Waals surface area contributed by atoms with Crippen molar-refractivity contribution in [3.05, 3.63) is 42.1 Å². The van der Waals surface area contributed by atoms with Crippen LogP contribution in [0.15, 0.2) is 34.7 Å². The predicted molar refractivity (Wildman–Crippen MR) is 71.8 cm³/mol. The third-order valence-corrected chi connectivity index (χ3v) is 2.81. The Kier molecular flexibility index (Phi) is 4.28. The van der Waals surface area contributed by atoms with Gasteiger partial charge in [-0.25, -0.2) is 0 Å². The van der Waals surface area contributed by atoms with Crippen LogP contribution >= 0.6 is 0 Å². The number of nitrogens with zero attached hydrogens (tertiary/aromatic N) is 3. The van der Waals surface area contributed by atoms with E-state index in [1.165, 1.54) is 0 Å². The topological polar surface area (TPSA) is 59.2 Å². The summed E-state index contributed by atoms with van der Waals surface area (Å²) in [6.45, 7) is 4.34. The van der Waals surface area contributed by atoms with E-state index in [1.54, 1.807) is 11.8 Å². The Morgan fingerprint density at radius 2 is 2.00 bits per heavy atom. The summed E-state index contributed by atoms with van der Waals surface area (Å²) in [6, 6.07) is 9.64. The number of hydrogen-bond donors (Lipinski definition) is 0. The third-order valence-electron chi connectivity index (χ3n) is 2.81. The first-order valence-electron chi connectivity index (χ1n) is 6.35. The molecule has 2 rings (SSSR count). The smallest absolute Gasteiger partial charge is 0.227 e. The average Bonchev–Trinajstić information content (AvgIpc) is 2.84. The van der Waals surface area contributed by atoms with Crippen LogP contribution in [0.25, 0.3) is 0 Å². The molecule has 1 aromatic heterocycles. The van der Waals surface area contributed by atoms with Crippen molar-refractivity contribution in [3.8, 4) is 0 Å². The number of benzene rings is 1. The van der Waals surface area contributed by atoms with Gasteiger partial charge in [-0.05, 0) is 19.1 Å². The number of aryl methyl sites for hydroxylation is 2. The Bertz CT molecular complexity index is 537. The second-order valence-electron chi connectivity index (χ2n) is 4.19. The largest absolute Gasteiger partial charge is 0.426 e. The van der Waals surface area contributed by atoms with E-state index in [9.17, 15) is 4.79 Å². The predicted octanol–water partition coefficient (Wildman–Crippen LogP) is 2.36. The zero-order valence-electron chi connectivity index (χ0n) is 11.2. The molecule has 1 aromatic carbocycles. The molecule has 0 saturated carbocycles. The zero-order chi connectivity index (χ0) is 13.7. The average molecular weight is 259 g/mol. The molecule has 1 amide bonds. The van der Waals surface area contributed by atoms with Gasteiger partial charge in [-0.15, -0.1) is 10.2 Å². The van der Waals surface area contributed by atoms with E-state index >= 15 is 0 Å². The van der Waals surface area contributed by atoms with Gasteiger partial charge in [0, 0.05) is 32.0 Å². The highest BCUT2D eigenvalue weighted by molar-refractivity contribution is 5.93. The molecule has 0 unspecified atom stereocenters. The molecule has 0 fully saturated rings. The molecule has 0 spiro atoms. The summed E-state index contributed by atoms with van der Waals surface area (Å²) >= 11 is 0. The highest BCUT2D eigenvalue weighted by atomic mass is 16.4. The van der Waals surface area contributed by atoms with Gasteiger partial charge in [0.25, 0.3) is 0 Å². The van der Waals surface area contributed by atoms with Gasteiger partial charge in [-0.1, -0.05) is 18.2 Å². The summed E-state index contributed by atoms with van der Waals surface area (Å²) in [5, 5.41) is 7.63. The maximum Gasteiger partial charge on any atom is 0.227 e. The lowest BCUT2D eigenvalue weighted by atomic mass is 10.2. The van der Waals surface area contributed by atoms with E-state index in [0.29, 0.717) is 31.2 Å². The van der Waals surface area contributed by atoms with Crippen LogP contribution in [-0.4, -0.2) is 22.6 Å². The van der Waals surface area contributed by atoms with Gasteiger partial charge < -0.3 is 9.32 Å². The van der Waals surface area contributed by atoms with Crippen molar-refractivity contribution in [3.63, 3.8) is 0 Å². The first-order valence-corrected chi connectivity index (χ1v) is 6.35. The Balaban J connectivity index is 1.98. The van der Waals surface area contributed by atoms with Crippen molar-refractivity contribution in [2.24, 2.45) is 0 Å². The molecular formula is C14H17N3O2. The summed E-state index contributed by atoms with van der Waals surface area (Å²) in [7, 11) is 0. The van der Waals surface area contributed by atoms with Crippen molar-refractivity contribution in [1.29, 1.82) is 0 Å². The molecule has 2 aromatic rings. The Morgan fingerprint density at radius 1 is 1.26 bits per heavy atom. The van der Waals surface area contributed by atoms with Crippen molar-refractivity contribution < 1.29 is 9.21 Å². The number of carbonyl (C=O) groups is 1. The lowest BCUT2D eigenvalue weighted by Gasteiger charge is -2.20. The van der Waals surface area contributed by atoms with Crippen LogP contribution in [0.4, 0.5) is 5.69 Å². The summed E-state index contributed by atoms with van der Waals surface area (Å²) in [5.74, 6) is 1.09. The Labute approximate surface area is 112 Å². The molecule has 0 bridgehead atoms. The molecule has 0 aliphatic rings. The number of aromatic nitrogens is 2. The first kappa shape index (κ1) is 13.3. The van der Waals surface area contributed by atoms with E-state index in [0.717, 1.165) is 5.69 Å². The van der Waals surface area contributed by atoms with Gasteiger partial charge in [0.2, 0.25) is 17.7 Å². The van der Waals surface area contributed by atoms with Crippen molar-refractivity contribution in [2.45, 2.75) is 26.7 Å². The highest BCUT2D eigenvalue weighted by Gasteiger charge is 2.14. The third kappa shape index (κ3) is 3.40. The molecule has 100 valence electrons.